The second-order valence-corrected chi connectivity index (χ2v) is 3.30. The number of nitrogens with zero attached hydrogens (tertiary/aromatic N) is 1. The molecule has 1 aromatic carbocycles. The summed E-state index contributed by atoms with van der Waals surface area (Å²) in [6.45, 7) is 1.79. The van der Waals surface area contributed by atoms with Crippen molar-refractivity contribution in [3.05, 3.63) is 39.7 Å². The number of aliphatic hydroxyl groups excluding tert-OH is 1. The number of hydrogen-bond donors (Lipinski definition) is 1. The van der Waals surface area contributed by atoms with Gasteiger partial charge in [-0.2, -0.15) is 0 Å². The van der Waals surface area contributed by atoms with E-state index in [1.807, 2.05) is 0 Å². The third-order valence-electron chi connectivity index (χ3n) is 2.17. The highest BCUT2D eigenvalue weighted by Crippen LogP contribution is 2.18. The van der Waals surface area contributed by atoms with Gasteiger partial charge in [-0.15, -0.1) is 0 Å². The fraction of sp³-hybridized carbons (Fsp3) is 0.400. The molecule has 1 unspecified atom stereocenters. The van der Waals surface area contributed by atoms with Gasteiger partial charge in [-0.05, 0) is 18.1 Å². The van der Waals surface area contributed by atoms with Crippen LogP contribution in [0.25, 0.3) is 0 Å². The highest BCUT2D eigenvalue weighted by atomic mass is 19.1. The third kappa shape index (κ3) is 2.99. The molecule has 0 amide bonds. The number of rotatable bonds is 4. The lowest BCUT2D eigenvalue weighted by Crippen LogP contribution is -2.09. The molecule has 0 spiro atoms. The van der Waals surface area contributed by atoms with Crippen LogP contribution in [0, 0.1) is 15.9 Å². The van der Waals surface area contributed by atoms with Gasteiger partial charge in [0.1, 0.15) is 5.82 Å². The average Bonchev–Trinajstić information content (AvgIpc) is 2.20. The Hall–Kier alpha value is -1.49. The molecule has 1 aromatic rings. The summed E-state index contributed by atoms with van der Waals surface area (Å²) in [5.41, 5.74) is 0.0252. The lowest BCUT2D eigenvalue weighted by Gasteiger charge is -2.07. The Kier molecular flexibility index (Phi) is 3.74. The van der Waals surface area contributed by atoms with Crippen LogP contribution in [0.15, 0.2) is 18.2 Å². The van der Waals surface area contributed by atoms with E-state index >= 15 is 0 Å². The van der Waals surface area contributed by atoms with Gasteiger partial charge in [0.25, 0.3) is 5.69 Å². The first-order chi connectivity index (χ1) is 7.04. The van der Waals surface area contributed by atoms with Crippen molar-refractivity contribution in [3.63, 3.8) is 0 Å². The molecule has 0 aliphatic carbocycles. The van der Waals surface area contributed by atoms with Crippen LogP contribution in [0.5, 0.6) is 0 Å². The minimum Gasteiger partial charge on any atom is -0.393 e. The van der Waals surface area contributed by atoms with Gasteiger partial charge >= 0.3 is 0 Å². The number of aliphatic hydroxyl groups is 1. The molecule has 0 saturated carbocycles. The topological polar surface area (TPSA) is 63.4 Å². The molecule has 15 heavy (non-hydrogen) atoms. The lowest BCUT2D eigenvalue weighted by molar-refractivity contribution is -0.385. The van der Waals surface area contributed by atoms with Gasteiger partial charge < -0.3 is 5.11 Å². The summed E-state index contributed by atoms with van der Waals surface area (Å²) in [7, 11) is 0. The SMILES string of the molecule is CCC(O)Cc1ccc([N+](=O)[O-])cc1F. The summed E-state index contributed by atoms with van der Waals surface area (Å²) in [5.74, 6) is -0.642. The van der Waals surface area contributed by atoms with Gasteiger partial charge in [-0.25, -0.2) is 4.39 Å². The third-order valence-corrected chi connectivity index (χ3v) is 2.17. The monoisotopic (exact) mass is 213 g/mol. The molecule has 0 heterocycles. The summed E-state index contributed by atoms with van der Waals surface area (Å²) >= 11 is 0. The summed E-state index contributed by atoms with van der Waals surface area (Å²) in [4.78, 5) is 9.68. The van der Waals surface area contributed by atoms with Crippen molar-refractivity contribution in [1.82, 2.24) is 0 Å². The molecule has 82 valence electrons. The Morgan fingerprint density at radius 1 is 1.60 bits per heavy atom. The summed E-state index contributed by atoms with van der Waals surface area (Å²) in [6.07, 6.45) is 0.0949. The van der Waals surface area contributed by atoms with Crippen LogP contribution in [-0.2, 0) is 6.42 Å². The molecule has 0 radical (unpaired) electrons. The summed E-state index contributed by atoms with van der Waals surface area (Å²) in [5, 5.41) is 19.6. The van der Waals surface area contributed by atoms with E-state index in [9.17, 15) is 19.6 Å². The van der Waals surface area contributed by atoms with E-state index in [4.69, 9.17) is 0 Å². The molecule has 1 rings (SSSR count). The van der Waals surface area contributed by atoms with Gasteiger partial charge in [0, 0.05) is 12.5 Å². The molecule has 4 nitrogen and oxygen atoms in total. The molecular weight excluding hydrogens is 201 g/mol. The zero-order chi connectivity index (χ0) is 11.4. The van der Waals surface area contributed by atoms with E-state index in [0.29, 0.717) is 12.0 Å². The van der Waals surface area contributed by atoms with Gasteiger partial charge in [0.05, 0.1) is 17.1 Å². The maximum Gasteiger partial charge on any atom is 0.272 e. The van der Waals surface area contributed by atoms with Gasteiger partial charge in [0.2, 0.25) is 0 Å². The van der Waals surface area contributed by atoms with Crippen LogP contribution < -0.4 is 0 Å². The second kappa shape index (κ2) is 4.84. The molecule has 5 heteroatoms. The standard InChI is InChI=1S/C10H12FNO3/c1-2-9(13)5-7-3-4-8(12(14)15)6-10(7)11/h3-4,6,9,13H,2,5H2,1H3. The Labute approximate surface area is 86.5 Å². The van der Waals surface area contributed by atoms with Gasteiger partial charge in [-0.3, -0.25) is 10.1 Å². The summed E-state index contributed by atoms with van der Waals surface area (Å²) in [6, 6.07) is 3.45. The number of halogens is 1. The largest absolute Gasteiger partial charge is 0.393 e. The van der Waals surface area contributed by atoms with E-state index in [1.54, 1.807) is 6.92 Å². The first kappa shape index (κ1) is 11.6. The zero-order valence-corrected chi connectivity index (χ0v) is 8.31. The Morgan fingerprint density at radius 3 is 2.73 bits per heavy atom. The van der Waals surface area contributed by atoms with E-state index in [-0.39, 0.29) is 12.1 Å². The zero-order valence-electron chi connectivity index (χ0n) is 8.31. The number of benzene rings is 1. The lowest BCUT2D eigenvalue weighted by atomic mass is 10.1. The van der Waals surface area contributed by atoms with Crippen molar-refractivity contribution in [3.8, 4) is 0 Å². The number of nitro groups is 1. The van der Waals surface area contributed by atoms with Gasteiger partial charge in [-0.1, -0.05) is 6.92 Å². The highest BCUT2D eigenvalue weighted by Gasteiger charge is 2.12. The quantitative estimate of drug-likeness (QED) is 0.615. The van der Waals surface area contributed by atoms with Crippen molar-refractivity contribution in [2.24, 2.45) is 0 Å². The smallest absolute Gasteiger partial charge is 0.272 e. The van der Waals surface area contributed by atoms with Gasteiger partial charge in [0.15, 0.2) is 0 Å². The van der Waals surface area contributed by atoms with Crippen LogP contribution in [0.3, 0.4) is 0 Å². The average molecular weight is 213 g/mol. The molecule has 0 bridgehead atoms. The van der Waals surface area contributed by atoms with E-state index in [1.165, 1.54) is 12.1 Å². The van der Waals surface area contributed by atoms with Crippen molar-refractivity contribution in [2.45, 2.75) is 25.9 Å². The Morgan fingerprint density at radius 2 is 2.27 bits per heavy atom. The van der Waals surface area contributed by atoms with Crippen LogP contribution in [-0.4, -0.2) is 16.1 Å². The van der Waals surface area contributed by atoms with Crippen molar-refractivity contribution < 1.29 is 14.4 Å². The highest BCUT2D eigenvalue weighted by molar-refractivity contribution is 5.34. The van der Waals surface area contributed by atoms with Crippen molar-refractivity contribution >= 4 is 5.69 Å². The molecule has 0 fully saturated rings. The van der Waals surface area contributed by atoms with Crippen LogP contribution in [0.1, 0.15) is 18.9 Å². The molecular formula is C10H12FNO3. The molecule has 0 aliphatic heterocycles. The Bertz CT molecular complexity index is 368. The summed E-state index contributed by atoms with van der Waals surface area (Å²) < 4.78 is 13.3. The van der Waals surface area contributed by atoms with Crippen molar-refractivity contribution in [1.29, 1.82) is 0 Å². The first-order valence-corrected chi connectivity index (χ1v) is 4.65. The fourth-order valence-corrected chi connectivity index (χ4v) is 1.21. The number of hydrogen-bond acceptors (Lipinski definition) is 3. The van der Waals surface area contributed by atoms with Crippen LogP contribution >= 0.6 is 0 Å². The van der Waals surface area contributed by atoms with E-state index in [0.717, 1.165) is 6.07 Å². The predicted molar refractivity (Wildman–Crippen MR) is 53.1 cm³/mol. The van der Waals surface area contributed by atoms with E-state index < -0.39 is 16.8 Å². The minimum atomic E-state index is -0.650. The molecule has 0 aromatic heterocycles. The van der Waals surface area contributed by atoms with Crippen molar-refractivity contribution in [2.75, 3.05) is 0 Å². The molecule has 1 atom stereocenters. The molecule has 1 N–H and O–H groups in total. The number of non-ortho nitro benzene ring substituents is 1. The maximum absolute atomic E-state index is 13.3. The minimum absolute atomic E-state index is 0.181. The molecule has 0 saturated heterocycles. The number of nitro benzene ring substituents is 1. The van der Waals surface area contributed by atoms with Crippen LogP contribution in [0.2, 0.25) is 0 Å². The predicted octanol–water partition coefficient (Wildman–Crippen LogP) is 2.05. The Balaban J connectivity index is 2.88. The normalized spacial score (nSPS) is 12.5. The second-order valence-electron chi connectivity index (χ2n) is 3.30. The maximum atomic E-state index is 13.3. The first-order valence-electron chi connectivity index (χ1n) is 4.65. The molecule has 0 aliphatic rings. The van der Waals surface area contributed by atoms with Crippen LogP contribution in [0.4, 0.5) is 10.1 Å². The van der Waals surface area contributed by atoms with E-state index in [2.05, 4.69) is 0 Å². The fourth-order valence-electron chi connectivity index (χ4n) is 1.21.